The molecule has 1 aliphatic heterocycles. The molecule has 10 heteroatoms. The molecule has 1 heterocycles. The van der Waals surface area contributed by atoms with Gasteiger partial charge in [0.05, 0.1) is 11.2 Å². The van der Waals surface area contributed by atoms with Crippen LogP contribution in [-0.2, 0) is 25.3 Å². The van der Waals surface area contributed by atoms with Gasteiger partial charge in [-0.3, -0.25) is 0 Å². The van der Waals surface area contributed by atoms with Gasteiger partial charge in [-0.1, -0.05) is 17.2 Å². The average Bonchev–Trinajstić information content (AvgIpc) is 2.56. The highest BCUT2D eigenvalue weighted by Crippen LogP contribution is 2.36. The molecule has 0 saturated carbocycles. The van der Waals surface area contributed by atoms with E-state index in [9.17, 15) is 12.3 Å². The Bertz CT molecular complexity index is 759. The van der Waals surface area contributed by atoms with Gasteiger partial charge in [0, 0.05) is 10.6 Å². The van der Waals surface area contributed by atoms with Crippen LogP contribution in [0.5, 0.6) is 0 Å². The first-order valence-electron chi connectivity index (χ1n) is 6.90. The summed E-state index contributed by atoms with van der Waals surface area (Å²) in [6.07, 6.45) is 0. The Morgan fingerprint density at radius 1 is 1.22 bits per heavy atom. The van der Waals surface area contributed by atoms with E-state index in [2.05, 4.69) is 10.0 Å². The summed E-state index contributed by atoms with van der Waals surface area (Å²) in [6, 6.07) is 4.30. The van der Waals surface area contributed by atoms with Gasteiger partial charge in [-0.05, 0) is 50.3 Å². The maximum atomic E-state index is 13.0. The van der Waals surface area contributed by atoms with E-state index in [1.165, 1.54) is 18.2 Å². The summed E-state index contributed by atoms with van der Waals surface area (Å²) in [5, 5.41) is 3.45. The fourth-order valence-corrected chi connectivity index (χ4v) is 2.77. The van der Waals surface area contributed by atoms with Gasteiger partial charge in [-0.2, -0.15) is 8.42 Å². The summed E-state index contributed by atoms with van der Waals surface area (Å²) in [5.41, 5.74) is 8.18. The van der Waals surface area contributed by atoms with E-state index >= 15 is 0 Å². The number of rotatable bonds is 4. The molecule has 1 aliphatic rings. The Morgan fingerprint density at radius 3 is 2.26 bits per heavy atom. The molecule has 2 rings (SSSR count). The van der Waals surface area contributed by atoms with Crippen LogP contribution in [0.3, 0.4) is 0 Å². The third-order valence-corrected chi connectivity index (χ3v) is 4.70. The standard InChI is InChI=1S/C13H17BFN3O4S/c1-12(2)13(3,4)22-14(21-12)10-5-9(8-23(15,19)20)6-11(7-10)17-18-16/h5-7H,8H2,1-4H3. The predicted molar refractivity (Wildman–Crippen MR) is 84.7 cm³/mol. The summed E-state index contributed by atoms with van der Waals surface area (Å²) in [6.45, 7) is 7.49. The van der Waals surface area contributed by atoms with Crippen molar-refractivity contribution in [1.29, 1.82) is 0 Å². The molecule has 0 bridgehead atoms. The number of benzene rings is 1. The van der Waals surface area contributed by atoms with Crippen LogP contribution in [0.25, 0.3) is 10.4 Å². The van der Waals surface area contributed by atoms with Gasteiger partial charge < -0.3 is 9.31 Å². The molecule has 0 aromatic heterocycles. The smallest absolute Gasteiger partial charge is 0.399 e. The van der Waals surface area contributed by atoms with Crippen molar-refractivity contribution in [3.63, 3.8) is 0 Å². The highest BCUT2D eigenvalue weighted by atomic mass is 32.3. The van der Waals surface area contributed by atoms with E-state index < -0.39 is 34.3 Å². The van der Waals surface area contributed by atoms with Crippen molar-refractivity contribution in [2.24, 2.45) is 5.11 Å². The number of nitrogens with zero attached hydrogens (tertiary/aromatic N) is 3. The predicted octanol–water partition coefficient (Wildman–Crippen LogP) is 2.73. The lowest BCUT2D eigenvalue weighted by Crippen LogP contribution is -2.41. The first-order chi connectivity index (χ1) is 10.4. The van der Waals surface area contributed by atoms with Gasteiger partial charge in [0.15, 0.2) is 0 Å². The minimum Gasteiger partial charge on any atom is -0.399 e. The molecule has 0 spiro atoms. The highest BCUT2D eigenvalue weighted by molar-refractivity contribution is 7.85. The van der Waals surface area contributed by atoms with E-state index in [1.54, 1.807) is 0 Å². The molecule has 0 radical (unpaired) electrons. The van der Waals surface area contributed by atoms with Crippen LogP contribution in [0.4, 0.5) is 9.57 Å². The van der Waals surface area contributed by atoms with Crippen molar-refractivity contribution >= 4 is 28.5 Å². The molecule has 23 heavy (non-hydrogen) atoms. The van der Waals surface area contributed by atoms with Gasteiger partial charge in [-0.25, -0.2) is 0 Å². The monoisotopic (exact) mass is 341 g/mol. The molecule has 0 N–H and O–H groups in total. The van der Waals surface area contributed by atoms with Crippen molar-refractivity contribution in [2.75, 3.05) is 0 Å². The van der Waals surface area contributed by atoms with E-state index in [-0.39, 0.29) is 11.3 Å². The second-order valence-electron chi connectivity index (χ2n) is 6.39. The maximum absolute atomic E-state index is 13.0. The van der Waals surface area contributed by atoms with Crippen LogP contribution in [0.2, 0.25) is 0 Å². The molecule has 0 aliphatic carbocycles. The molecule has 1 aromatic rings. The Balaban J connectivity index is 2.44. The Hall–Kier alpha value is -1.61. The Morgan fingerprint density at radius 2 is 1.78 bits per heavy atom. The van der Waals surface area contributed by atoms with Crippen LogP contribution < -0.4 is 5.46 Å². The van der Waals surface area contributed by atoms with E-state index in [0.29, 0.717) is 5.46 Å². The number of azide groups is 1. The Labute approximate surface area is 134 Å². The van der Waals surface area contributed by atoms with Crippen LogP contribution >= 0.6 is 0 Å². The topological polar surface area (TPSA) is 101 Å². The second kappa shape index (κ2) is 5.79. The molecule has 0 amide bonds. The van der Waals surface area contributed by atoms with Gasteiger partial charge in [0.1, 0.15) is 5.75 Å². The SMILES string of the molecule is CC1(C)OB(c2cc(CS(=O)(=O)F)cc(N=[N+]=[N-])c2)OC1(C)C. The zero-order chi connectivity index (χ0) is 17.5. The quantitative estimate of drug-likeness (QED) is 0.276. The van der Waals surface area contributed by atoms with E-state index in [4.69, 9.17) is 14.8 Å². The minimum atomic E-state index is -4.71. The number of hydrogen-bond acceptors (Lipinski definition) is 5. The van der Waals surface area contributed by atoms with Crippen LogP contribution in [0.1, 0.15) is 33.3 Å². The molecule has 7 nitrogen and oxygen atoms in total. The summed E-state index contributed by atoms with van der Waals surface area (Å²) in [7, 11) is -5.48. The van der Waals surface area contributed by atoms with Gasteiger partial charge in [-0.15, -0.1) is 3.89 Å². The van der Waals surface area contributed by atoms with E-state index in [1.807, 2.05) is 27.7 Å². The largest absolute Gasteiger partial charge is 0.494 e. The molecular formula is C13H17BFN3O4S. The van der Waals surface area contributed by atoms with Crippen molar-refractivity contribution < 1.29 is 21.6 Å². The molecule has 1 fully saturated rings. The lowest BCUT2D eigenvalue weighted by Gasteiger charge is -2.32. The third kappa shape index (κ3) is 4.03. The van der Waals surface area contributed by atoms with Crippen LogP contribution in [-0.4, -0.2) is 26.7 Å². The zero-order valence-corrected chi connectivity index (χ0v) is 14.1. The first kappa shape index (κ1) is 17.7. The number of hydrogen-bond donors (Lipinski definition) is 0. The van der Waals surface area contributed by atoms with Crippen molar-refractivity contribution in [2.45, 2.75) is 44.6 Å². The minimum absolute atomic E-state index is 0.155. The van der Waals surface area contributed by atoms with Gasteiger partial charge >= 0.3 is 17.3 Å². The lowest BCUT2D eigenvalue weighted by molar-refractivity contribution is 0.00578. The molecule has 0 atom stereocenters. The van der Waals surface area contributed by atoms with Crippen molar-refractivity contribution in [3.8, 4) is 0 Å². The molecular weight excluding hydrogens is 324 g/mol. The summed E-state index contributed by atoms with van der Waals surface area (Å²) in [5.74, 6) is -0.811. The molecule has 0 unspecified atom stereocenters. The summed E-state index contributed by atoms with van der Waals surface area (Å²) < 4.78 is 46.4. The van der Waals surface area contributed by atoms with Crippen LogP contribution in [0.15, 0.2) is 23.3 Å². The molecule has 124 valence electrons. The summed E-state index contributed by atoms with van der Waals surface area (Å²) >= 11 is 0. The lowest BCUT2D eigenvalue weighted by atomic mass is 9.78. The van der Waals surface area contributed by atoms with Crippen LogP contribution in [0, 0.1) is 0 Å². The number of halogens is 1. The fourth-order valence-electron chi connectivity index (χ4n) is 2.21. The van der Waals surface area contributed by atoms with Gasteiger partial charge in [0.2, 0.25) is 0 Å². The zero-order valence-electron chi connectivity index (χ0n) is 13.3. The average molecular weight is 341 g/mol. The highest BCUT2D eigenvalue weighted by Gasteiger charge is 2.51. The van der Waals surface area contributed by atoms with Gasteiger partial charge in [0.25, 0.3) is 0 Å². The van der Waals surface area contributed by atoms with Crippen molar-refractivity contribution in [1.82, 2.24) is 0 Å². The fraction of sp³-hybridized carbons (Fsp3) is 0.538. The molecule has 1 saturated heterocycles. The maximum Gasteiger partial charge on any atom is 0.494 e. The summed E-state index contributed by atoms with van der Waals surface area (Å²) in [4.78, 5) is 2.67. The third-order valence-electron chi connectivity index (χ3n) is 4.02. The van der Waals surface area contributed by atoms with Crippen molar-refractivity contribution in [3.05, 3.63) is 34.2 Å². The van der Waals surface area contributed by atoms with E-state index in [0.717, 1.165) is 0 Å². The normalized spacial score (nSPS) is 19.4. The molecule has 1 aromatic carbocycles. The first-order valence-corrected chi connectivity index (χ1v) is 8.46. The second-order valence-corrected chi connectivity index (χ2v) is 7.76. The Kier molecular flexibility index (Phi) is 4.47.